The monoisotopic (exact) mass is 478 g/mol. The third kappa shape index (κ3) is 4.02. The molecule has 2 aliphatic rings. The summed E-state index contributed by atoms with van der Waals surface area (Å²) in [5.41, 5.74) is 0.418. The average molecular weight is 478 g/mol. The van der Waals surface area contributed by atoms with Crippen molar-refractivity contribution in [1.82, 2.24) is 14.5 Å². The Kier molecular flexibility index (Phi) is 5.96. The molecule has 1 aromatic carbocycles. The highest BCUT2D eigenvalue weighted by molar-refractivity contribution is 5.87. The van der Waals surface area contributed by atoms with E-state index >= 15 is 0 Å². The number of halogens is 2. The fraction of sp³-hybridized carbons (Fsp3) is 0.455. The van der Waals surface area contributed by atoms with Crippen molar-refractivity contribution in [3.63, 3.8) is 0 Å². The number of nitrogens with zero attached hydrogens (tertiary/aromatic N) is 3. The van der Waals surface area contributed by atoms with Gasteiger partial charge in [0.05, 0.1) is 25.1 Å². The number of aliphatic hydroxyl groups is 3. The van der Waals surface area contributed by atoms with Crippen LogP contribution in [0.4, 0.5) is 14.6 Å². The van der Waals surface area contributed by atoms with E-state index in [1.54, 1.807) is 12.3 Å². The van der Waals surface area contributed by atoms with Gasteiger partial charge in [0, 0.05) is 6.20 Å². The molecule has 10 nitrogen and oxygen atoms in total. The molecule has 5 atom stereocenters. The lowest BCUT2D eigenvalue weighted by atomic mass is 9.99. The van der Waals surface area contributed by atoms with Gasteiger partial charge < -0.3 is 39.4 Å². The Bertz CT molecular complexity index is 1190. The highest BCUT2D eigenvalue weighted by Gasteiger charge is 2.47. The van der Waals surface area contributed by atoms with Crippen LogP contribution in [0.25, 0.3) is 11.0 Å². The van der Waals surface area contributed by atoms with Gasteiger partial charge in [-0.25, -0.2) is 18.7 Å². The van der Waals surface area contributed by atoms with Gasteiger partial charge in [0.1, 0.15) is 42.2 Å². The maximum Gasteiger partial charge on any atom is 0.182 e. The second-order valence-electron chi connectivity index (χ2n) is 8.46. The van der Waals surface area contributed by atoms with E-state index < -0.39 is 48.1 Å². The van der Waals surface area contributed by atoms with E-state index in [2.05, 4.69) is 15.3 Å². The molecule has 4 heterocycles. The molecule has 2 aromatic heterocycles. The first-order valence-corrected chi connectivity index (χ1v) is 10.8. The van der Waals surface area contributed by atoms with Crippen LogP contribution in [0.2, 0.25) is 0 Å². The smallest absolute Gasteiger partial charge is 0.182 e. The second-order valence-corrected chi connectivity index (χ2v) is 8.46. The van der Waals surface area contributed by atoms with E-state index in [0.29, 0.717) is 36.6 Å². The number of benzene rings is 1. The number of anilines is 1. The summed E-state index contributed by atoms with van der Waals surface area (Å²) in [6.07, 6.45) is -3.87. The van der Waals surface area contributed by atoms with Crippen LogP contribution in [0, 0.1) is 11.6 Å². The molecule has 4 N–H and O–H groups in total. The number of fused-ring (bicyclic) bond motifs is 1. The number of aromatic nitrogens is 3. The van der Waals surface area contributed by atoms with Crippen LogP contribution < -0.4 is 5.32 Å². The molecule has 0 unspecified atom stereocenters. The minimum atomic E-state index is -1.51. The van der Waals surface area contributed by atoms with Crippen molar-refractivity contribution in [1.29, 1.82) is 0 Å². The first kappa shape index (κ1) is 23.0. The average Bonchev–Trinajstić information content (AvgIpc) is 3.53. The third-order valence-corrected chi connectivity index (χ3v) is 6.13. The fourth-order valence-electron chi connectivity index (χ4n) is 4.28. The number of rotatable bonds is 6. The van der Waals surface area contributed by atoms with Crippen LogP contribution in [0.3, 0.4) is 0 Å². The van der Waals surface area contributed by atoms with Gasteiger partial charge >= 0.3 is 0 Å². The zero-order valence-electron chi connectivity index (χ0n) is 18.1. The van der Waals surface area contributed by atoms with Crippen molar-refractivity contribution in [2.45, 2.75) is 43.4 Å². The van der Waals surface area contributed by atoms with Gasteiger partial charge in [0.2, 0.25) is 0 Å². The molecule has 2 saturated heterocycles. The van der Waals surface area contributed by atoms with E-state index in [1.807, 2.05) is 6.92 Å². The lowest BCUT2D eigenvalue weighted by molar-refractivity contribution is -0.129. The second kappa shape index (κ2) is 8.80. The molecule has 0 radical (unpaired) electrons. The Morgan fingerprint density at radius 1 is 1.15 bits per heavy atom. The normalized spacial score (nSPS) is 27.4. The van der Waals surface area contributed by atoms with E-state index in [-0.39, 0.29) is 5.56 Å². The maximum atomic E-state index is 13.6. The van der Waals surface area contributed by atoms with Crippen molar-refractivity contribution in [2.75, 3.05) is 25.1 Å². The van der Waals surface area contributed by atoms with Crippen LogP contribution >= 0.6 is 0 Å². The predicted octanol–water partition coefficient (Wildman–Crippen LogP) is 1.24. The van der Waals surface area contributed by atoms with Crippen molar-refractivity contribution < 1.29 is 38.3 Å². The van der Waals surface area contributed by atoms with E-state index in [1.165, 1.54) is 17.0 Å². The topological polar surface area (TPSA) is 131 Å². The molecule has 182 valence electrons. The zero-order valence-corrected chi connectivity index (χ0v) is 18.1. The number of nitrogens with one attached hydrogen (secondary N) is 1. The minimum Gasteiger partial charge on any atom is -0.387 e. The van der Waals surface area contributed by atoms with Crippen molar-refractivity contribution >= 4 is 16.9 Å². The molecule has 12 heteroatoms. The van der Waals surface area contributed by atoms with Crippen LogP contribution in [0.15, 0.2) is 36.8 Å². The highest BCUT2D eigenvalue weighted by atomic mass is 19.2. The standard InChI is InChI=1S/C22H24F2N4O6/c1-22(32-6-7-33-22)9-25-19-12-4-5-28(20(12)27-10-26-19)21-17(31)16(30)18(34-21)15(29)11-2-3-13(23)14(24)8-11/h2-5,8,10,15-18,21,29-31H,6-7,9H2,1H3,(H,25,26,27)/t15-,16+,17-,18-,21-/m1/s1. The molecular weight excluding hydrogens is 454 g/mol. The number of hydrogen-bond acceptors (Lipinski definition) is 9. The minimum absolute atomic E-state index is 0.00632. The Hall–Kier alpha value is -2.74. The van der Waals surface area contributed by atoms with Gasteiger partial charge in [-0.05, 0) is 30.7 Å². The lowest BCUT2D eigenvalue weighted by Gasteiger charge is -2.23. The maximum absolute atomic E-state index is 13.6. The Balaban J connectivity index is 1.38. The van der Waals surface area contributed by atoms with Crippen LogP contribution in [-0.2, 0) is 14.2 Å². The first-order valence-electron chi connectivity index (χ1n) is 10.8. The molecule has 0 bridgehead atoms. The molecule has 0 spiro atoms. The number of aliphatic hydroxyl groups excluding tert-OH is 3. The summed E-state index contributed by atoms with van der Waals surface area (Å²) in [4.78, 5) is 8.54. The first-order chi connectivity index (χ1) is 16.3. The summed E-state index contributed by atoms with van der Waals surface area (Å²) in [7, 11) is 0. The van der Waals surface area contributed by atoms with E-state index in [9.17, 15) is 24.1 Å². The zero-order chi connectivity index (χ0) is 24.0. The van der Waals surface area contributed by atoms with Gasteiger partial charge in [-0.1, -0.05) is 6.07 Å². The summed E-state index contributed by atoms with van der Waals surface area (Å²) in [6, 6.07) is 4.60. The molecule has 5 rings (SSSR count). The number of hydrogen-bond donors (Lipinski definition) is 4. The SMILES string of the molecule is CC1(CNc2ncnc3c2ccn3[C@@H]2O[C@H]([C@H](O)c3ccc(F)c(F)c3)[C@@H](O)[C@H]2O)OCCO1. The van der Waals surface area contributed by atoms with Crippen LogP contribution in [-0.4, -0.2) is 73.7 Å². The van der Waals surface area contributed by atoms with Gasteiger partial charge in [-0.15, -0.1) is 0 Å². The predicted molar refractivity (Wildman–Crippen MR) is 114 cm³/mol. The van der Waals surface area contributed by atoms with Gasteiger partial charge in [0.25, 0.3) is 0 Å². The summed E-state index contributed by atoms with van der Waals surface area (Å²) in [5, 5.41) is 35.7. The van der Waals surface area contributed by atoms with Gasteiger partial charge in [-0.3, -0.25) is 0 Å². The van der Waals surface area contributed by atoms with Crippen molar-refractivity contribution in [2.24, 2.45) is 0 Å². The van der Waals surface area contributed by atoms with Crippen molar-refractivity contribution in [3.05, 3.63) is 54.0 Å². The Morgan fingerprint density at radius 3 is 2.65 bits per heavy atom. The molecule has 3 aromatic rings. The lowest BCUT2D eigenvalue weighted by Crippen LogP contribution is -2.35. The molecule has 2 fully saturated rings. The highest BCUT2D eigenvalue weighted by Crippen LogP contribution is 2.38. The molecular formula is C22H24F2N4O6. The van der Waals surface area contributed by atoms with Crippen LogP contribution in [0.5, 0.6) is 0 Å². The van der Waals surface area contributed by atoms with Gasteiger partial charge in [-0.2, -0.15) is 0 Å². The Labute approximate surface area is 192 Å². The largest absolute Gasteiger partial charge is 0.387 e. The van der Waals surface area contributed by atoms with Gasteiger partial charge in [0.15, 0.2) is 23.6 Å². The van der Waals surface area contributed by atoms with Crippen molar-refractivity contribution in [3.8, 4) is 0 Å². The quantitative estimate of drug-likeness (QED) is 0.413. The van der Waals surface area contributed by atoms with E-state index in [0.717, 1.165) is 12.1 Å². The van der Waals surface area contributed by atoms with Crippen LogP contribution in [0.1, 0.15) is 24.8 Å². The molecule has 2 aliphatic heterocycles. The third-order valence-electron chi connectivity index (χ3n) is 6.13. The summed E-state index contributed by atoms with van der Waals surface area (Å²) in [5.74, 6) is -2.48. The summed E-state index contributed by atoms with van der Waals surface area (Å²) in [6.45, 7) is 3.17. The number of ether oxygens (including phenoxy) is 3. The fourth-order valence-corrected chi connectivity index (χ4v) is 4.28. The summed E-state index contributed by atoms with van der Waals surface area (Å²) >= 11 is 0. The summed E-state index contributed by atoms with van der Waals surface area (Å²) < 4.78 is 45.4. The molecule has 0 saturated carbocycles. The molecule has 0 aliphatic carbocycles. The molecule has 34 heavy (non-hydrogen) atoms. The van der Waals surface area contributed by atoms with E-state index in [4.69, 9.17) is 14.2 Å². The molecule has 0 amide bonds. The Morgan fingerprint density at radius 2 is 1.91 bits per heavy atom.